The van der Waals surface area contributed by atoms with Crippen molar-refractivity contribution >= 4 is 17.7 Å². The Bertz CT molecular complexity index is 1360. The lowest BCUT2D eigenvalue weighted by Gasteiger charge is -2.38. The second kappa shape index (κ2) is 12.3. The van der Waals surface area contributed by atoms with Gasteiger partial charge in [0.25, 0.3) is 5.91 Å². The Labute approximate surface area is 233 Å². The Balaban J connectivity index is 1.40. The van der Waals surface area contributed by atoms with Crippen molar-refractivity contribution in [3.8, 4) is 17.2 Å². The molecule has 40 heavy (non-hydrogen) atoms. The summed E-state index contributed by atoms with van der Waals surface area (Å²) in [6.07, 6.45) is 2.54. The number of fused-ring (bicyclic) bond motifs is 9. The van der Waals surface area contributed by atoms with E-state index in [4.69, 9.17) is 14.2 Å². The van der Waals surface area contributed by atoms with Crippen molar-refractivity contribution < 1.29 is 28.6 Å². The highest BCUT2D eigenvalue weighted by Crippen LogP contribution is 2.33. The first-order valence-corrected chi connectivity index (χ1v) is 13.4. The van der Waals surface area contributed by atoms with E-state index >= 15 is 0 Å². The zero-order valence-corrected chi connectivity index (χ0v) is 22.7. The van der Waals surface area contributed by atoms with Crippen LogP contribution >= 0.6 is 0 Å². The number of nitrogens with zero attached hydrogens (tertiary/aromatic N) is 2. The number of benzene rings is 2. The first-order valence-electron chi connectivity index (χ1n) is 13.4. The Morgan fingerprint density at radius 3 is 2.73 bits per heavy atom. The number of hydrogen-bond acceptors (Lipinski definition) is 6. The number of piperidine rings is 1. The van der Waals surface area contributed by atoms with Crippen molar-refractivity contribution in [1.82, 2.24) is 20.1 Å². The third-order valence-electron chi connectivity index (χ3n) is 7.27. The number of nitrogens with one attached hydrogen (secondary N) is 2. The van der Waals surface area contributed by atoms with Crippen LogP contribution < -0.4 is 14.8 Å². The van der Waals surface area contributed by atoms with Crippen LogP contribution in [0.15, 0.2) is 60.8 Å². The topological polar surface area (TPSA) is 113 Å². The second-order valence-corrected chi connectivity index (χ2v) is 10.1. The van der Waals surface area contributed by atoms with E-state index in [2.05, 4.69) is 10.3 Å². The maximum absolute atomic E-state index is 13.0. The highest BCUT2D eigenvalue weighted by atomic mass is 16.5. The average molecular weight is 547 g/mol. The third kappa shape index (κ3) is 6.45. The van der Waals surface area contributed by atoms with Crippen molar-refractivity contribution in [2.45, 2.75) is 38.0 Å². The van der Waals surface area contributed by atoms with Crippen molar-refractivity contribution in [3.63, 3.8) is 0 Å². The molecule has 4 heterocycles. The molecule has 3 aliphatic rings. The zero-order chi connectivity index (χ0) is 28.1. The predicted octanol–water partition coefficient (Wildman–Crippen LogP) is 3.14. The molecule has 2 aromatic carbocycles. The van der Waals surface area contributed by atoms with Gasteiger partial charge in [-0.05, 0) is 60.4 Å². The fraction of sp³-hybridized carbons (Fsp3) is 0.367. The van der Waals surface area contributed by atoms with Crippen molar-refractivity contribution in [2.75, 3.05) is 33.8 Å². The van der Waals surface area contributed by atoms with Crippen LogP contribution in [0.2, 0.25) is 0 Å². The molecule has 3 aliphatic heterocycles. The number of aryl methyl sites for hydroxylation is 1. The molecular weight excluding hydrogens is 512 g/mol. The van der Waals surface area contributed by atoms with Crippen LogP contribution in [0, 0.1) is 0 Å². The lowest BCUT2D eigenvalue weighted by Crippen LogP contribution is -2.57. The van der Waals surface area contributed by atoms with Gasteiger partial charge in [-0.15, -0.1) is 0 Å². The van der Waals surface area contributed by atoms with Crippen molar-refractivity contribution in [3.05, 3.63) is 77.6 Å². The number of aromatic amines is 1. The summed E-state index contributed by atoms with van der Waals surface area (Å²) in [4.78, 5) is 44.9. The summed E-state index contributed by atoms with van der Waals surface area (Å²) in [6, 6.07) is 16.4. The Hall–Kier alpha value is -4.31. The average Bonchev–Trinajstić information content (AvgIpc) is 3.50. The summed E-state index contributed by atoms with van der Waals surface area (Å²) in [6.45, 7) is 0.982. The van der Waals surface area contributed by atoms with Gasteiger partial charge in [-0.25, -0.2) is 0 Å². The molecule has 1 aromatic heterocycles. The first-order chi connectivity index (χ1) is 19.4. The smallest absolute Gasteiger partial charge is 0.270 e. The summed E-state index contributed by atoms with van der Waals surface area (Å²) < 4.78 is 18.0. The van der Waals surface area contributed by atoms with Crippen molar-refractivity contribution in [1.29, 1.82) is 0 Å². The second-order valence-electron chi connectivity index (χ2n) is 10.1. The SMILES string of the molecule is COc1cc2ccc1Oc1cccc(c1)CO[C@H]1CN(C(=O)c3ccc[nH]3)CC[C@@H]1NC(=O)CN(C)C(=O)CC2. The molecule has 0 radical (unpaired) electrons. The number of carbonyl (C=O) groups excluding carboxylic acids is 3. The minimum absolute atomic E-state index is 0.0642. The number of ether oxygens (including phenoxy) is 3. The van der Waals surface area contributed by atoms with E-state index in [9.17, 15) is 14.4 Å². The van der Waals surface area contributed by atoms with Gasteiger partial charge in [-0.2, -0.15) is 0 Å². The number of carbonyl (C=O) groups is 3. The quantitative estimate of drug-likeness (QED) is 0.511. The largest absolute Gasteiger partial charge is 0.493 e. The van der Waals surface area contributed by atoms with Crippen LogP contribution in [0.4, 0.5) is 0 Å². The van der Waals surface area contributed by atoms with Gasteiger partial charge in [0.2, 0.25) is 11.8 Å². The molecular formula is C30H34N4O6. The van der Waals surface area contributed by atoms with E-state index in [1.807, 2.05) is 42.5 Å². The molecule has 10 heteroatoms. The fourth-order valence-electron chi connectivity index (χ4n) is 5.05. The number of likely N-dealkylation sites (N-methyl/N-ethyl adjacent to an activating group) is 1. The van der Waals surface area contributed by atoms with Crippen LogP contribution in [0.25, 0.3) is 0 Å². The summed E-state index contributed by atoms with van der Waals surface area (Å²) >= 11 is 0. The number of amides is 3. The molecule has 0 aliphatic carbocycles. The standard InChI is InChI=1S/C30H34N4O6/c1-33-18-28(35)32-23-12-14-34(30(37)24-7-4-13-31-24)17-27(23)39-19-21-5-3-6-22(15-21)40-25-10-8-20(9-11-29(33)36)16-26(25)38-2/h3-8,10,13,15-16,23,27,31H,9,11-12,14,17-19H2,1-2H3,(H,32,35)/t23-,27-/m0/s1. The van der Waals surface area contributed by atoms with E-state index in [1.54, 1.807) is 37.4 Å². The van der Waals surface area contributed by atoms with Crippen molar-refractivity contribution in [2.24, 2.45) is 0 Å². The number of likely N-dealkylation sites (tertiary alicyclic amines) is 1. The fourth-order valence-corrected chi connectivity index (χ4v) is 5.05. The number of hydrogen-bond donors (Lipinski definition) is 2. The number of H-pyrrole nitrogens is 1. The molecule has 210 valence electrons. The summed E-state index contributed by atoms with van der Waals surface area (Å²) in [7, 11) is 3.20. The molecule has 2 atom stereocenters. The van der Waals surface area contributed by atoms with Crippen LogP contribution in [-0.4, -0.2) is 78.4 Å². The van der Waals surface area contributed by atoms with Gasteiger partial charge >= 0.3 is 0 Å². The lowest BCUT2D eigenvalue weighted by atomic mass is 10.0. The van der Waals surface area contributed by atoms with E-state index in [-0.39, 0.29) is 43.3 Å². The monoisotopic (exact) mass is 546 g/mol. The molecule has 0 spiro atoms. The molecule has 1 fully saturated rings. The molecule has 1 saturated heterocycles. The maximum Gasteiger partial charge on any atom is 0.270 e. The molecule has 3 aromatic rings. The molecule has 4 bridgehead atoms. The molecule has 2 N–H and O–H groups in total. The molecule has 0 unspecified atom stereocenters. The summed E-state index contributed by atoms with van der Waals surface area (Å²) in [5.41, 5.74) is 2.32. The normalized spacial score (nSPS) is 20.4. The van der Waals surface area contributed by atoms with E-state index in [0.717, 1.165) is 11.1 Å². The Morgan fingerprint density at radius 2 is 1.93 bits per heavy atom. The Morgan fingerprint density at radius 1 is 1.05 bits per heavy atom. The minimum atomic E-state index is -0.448. The van der Waals surface area contributed by atoms with Crippen LogP contribution in [0.3, 0.4) is 0 Å². The molecule has 10 nitrogen and oxygen atoms in total. The Kier molecular flexibility index (Phi) is 8.35. The van der Waals surface area contributed by atoms with Crippen LogP contribution in [0.1, 0.15) is 34.5 Å². The number of rotatable bonds is 2. The molecule has 0 saturated carbocycles. The van der Waals surface area contributed by atoms with Gasteiger partial charge in [0.15, 0.2) is 11.5 Å². The highest BCUT2D eigenvalue weighted by Gasteiger charge is 2.34. The maximum atomic E-state index is 13.0. The van der Waals surface area contributed by atoms with Gasteiger partial charge in [-0.3, -0.25) is 14.4 Å². The molecule has 3 amide bonds. The van der Waals surface area contributed by atoms with Gasteiger partial charge in [-0.1, -0.05) is 18.2 Å². The van der Waals surface area contributed by atoms with Gasteiger partial charge in [0, 0.05) is 32.8 Å². The van der Waals surface area contributed by atoms with Crippen LogP contribution in [0.5, 0.6) is 17.2 Å². The number of aromatic nitrogens is 1. The third-order valence-corrected chi connectivity index (χ3v) is 7.27. The van der Waals surface area contributed by atoms with Crippen LogP contribution in [-0.2, 0) is 27.4 Å². The van der Waals surface area contributed by atoms with E-state index in [1.165, 1.54) is 4.90 Å². The lowest BCUT2D eigenvalue weighted by molar-refractivity contribution is -0.135. The minimum Gasteiger partial charge on any atom is -0.493 e. The zero-order valence-electron chi connectivity index (χ0n) is 22.7. The number of methoxy groups -OCH3 is 1. The van der Waals surface area contributed by atoms with E-state index in [0.29, 0.717) is 48.9 Å². The van der Waals surface area contributed by atoms with E-state index < -0.39 is 6.10 Å². The highest BCUT2D eigenvalue weighted by molar-refractivity contribution is 5.92. The molecule has 6 rings (SSSR count). The predicted molar refractivity (Wildman–Crippen MR) is 147 cm³/mol. The van der Waals surface area contributed by atoms with Gasteiger partial charge < -0.3 is 34.3 Å². The van der Waals surface area contributed by atoms with Gasteiger partial charge in [0.05, 0.1) is 32.4 Å². The summed E-state index contributed by atoms with van der Waals surface area (Å²) in [5.74, 6) is 1.23. The summed E-state index contributed by atoms with van der Waals surface area (Å²) in [5, 5.41) is 3.05. The first kappa shape index (κ1) is 27.3. The van der Waals surface area contributed by atoms with Gasteiger partial charge in [0.1, 0.15) is 11.4 Å².